The molecule has 0 heterocycles. The number of carboxylic acid groups (broad SMARTS) is 4. The molecule has 4 fully saturated rings. The highest BCUT2D eigenvalue weighted by Gasteiger charge is 2.70. The van der Waals surface area contributed by atoms with Gasteiger partial charge in [-0.1, -0.05) is 0 Å². The lowest BCUT2D eigenvalue weighted by atomic mass is 9.92. The largest absolute Gasteiger partial charge is 0.481 e. The lowest BCUT2D eigenvalue weighted by Crippen LogP contribution is -2.49. The van der Waals surface area contributed by atoms with Crippen LogP contribution < -0.4 is 11.5 Å². The molecule has 4 saturated carbocycles. The molecule has 0 aromatic rings. The second kappa shape index (κ2) is 5.65. The Morgan fingerprint density at radius 1 is 0.692 bits per heavy atom. The Bertz CT molecular complexity index is 638. The van der Waals surface area contributed by atoms with E-state index in [2.05, 4.69) is 0 Å². The molecule has 8 N–H and O–H groups in total. The minimum Gasteiger partial charge on any atom is -0.481 e. The maximum atomic E-state index is 10.8. The van der Waals surface area contributed by atoms with E-state index in [9.17, 15) is 19.2 Å². The smallest absolute Gasteiger partial charge is 0.324 e. The van der Waals surface area contributed by atoms with Crippen molar-refractivity contribution < 1.29 is 39.6 Å². The predicted molar refractivity (Wildman–Crippen MR) is 83.8 cm³/mol. The maximum Gasteiger partial charge on any atom is 0.324 e. The Hall–Kier alpha value is -2.20. The summed E-state index contributed by atoms with van der Waals surface area (Å²) in [6, 6.07) is 0. The molecule has 0 aromatic carbocycles. The first-order valence-corrected chi connectivity index (χ1v) is 8.47. The fraction of sp³-hybridized carbons (Fsp3) is 0.750. The lowest BCUT2D eigenvalue weighted by Gasteiger charge is -2.20. The molecule has 4 aliphatic carbocycles. The van der Waals surface area contributed by atoms with Gasteiger partial charge in [0, 0.05) is 11.8 Å². The average Bonchev–Trinajstić information content (AvgIpc) is 3.39. The van der Waals surface area contributed by atoms with Crippen molar-refractivity contribution in [3.8, 4) is 0 Å². The Balaban J connectivity index is 0.000000151. The Morgan fingerprint density at radius 3 is 1.19 bits per heavy atom. The molecule has 10 heteroatoms. The molecule has 10 nitrogen and oxygen atoms in total. The number of carboxylic acids is 4. The van der Waals surface area contributed by atoms with Crippen molar-refractivity contribution in [1.82, 2.24) is 0 Å². The summed E-state index contributed by atoms with van der Waals surface area (Å²) in [5.41, 5.74) is 8.74. The van der Waals surface area contributed by atoms with E-state index in [1.165, 1.54) is 0 Å². The van der Waals surface area contributed by atoms with E-state index < -0.39 is 46.8 Å². The molecule has 144 valence electrons. The van der Waals surface area contributed by atoms with Crippen LogP contribution in [0.15, 0.2) is 0 Å². The van der Waals surface area contributed by atoms with Gasteiger partial charge in [0.1, 0.15) is 11.1 Å². The summed E-state index contributed by atoms with van der Waals surface area (Å²) in [6.07, 6.45) is 2.07. The monoisotopic (exact) mass is 370 g/mol. The zero-order valence-corrected chi connectivity index (χ0v) is 13.9. The van der Waals surface area contributed by atoms with Gasteiger partial charge in [-0.15, -0.1) is 0 Å². The summed E-state index contributed by atoms with van der Waals surface area (Å²) < 4.78 is 0. The van der Waals surface area contributed by atoms with Crippen molar-refractivity contribution in [2.24, 2.45) is 47.0 Å². The highest BCUT2D eigenvalue weighted by molar-refractivity contribution is 5.85. The quantitative estimate of drug-likeness (QED) is 0.357. The summed E-state index contributed by atoms with van der Waals surface area (Å²) in [4.78, 5) is 42.9. The van der Waals surface area contributed by atoms with Crippen molar-refractivity contribution >= 4 is 23.9 Å². The van der Waals surface area contributed by atoms with Gasteiger partial charge in [-0.3, -0.25) is 19.2 Å². The van der Waals surface area contributed by atoms with Crippen molar-refractivity contribution in [2.45, 2.75) is 36.8 Å². The third-order valence-electron chi connectivity index (χ3n) is 6.68. The van der Waals surface area contributed by atoms with E-state index in [1.54, 1.807) is 0 Å². The molecule has 0 bridgehead atoms. The van der Waals surface area contributed by atoms with E-state index in [0.717, 1.165) is 0 Å². The Morgan fingerprint density at radius 2 is 1.00 bits per heavy atom. The molecule has 0 unspecified atom stereocenters. The van der Waals surface area contributed by atoms with Crippen LogP contribution in [-0.2, 0) is 19.2 Å². The van der Waals surface area contributed by atoms with Crippen molar-refractivity contribution in [3.63, 3.8) is 0 Å². The number of aliphatic carboxylic acids is 4. The first-order chi connectivity index (χ1) is 12.0. The minimum absolute atomic E-state index is 0.00130. The fourth-order valence-corrected chi connectivity index (χ4v) is 5.19. The SMILES string of the molecule is N[C@@]1(C(=O)O)CC[C@H]2[C@H](C(=O)O)[C@H]21.N[C@@]1(C(=O)O)CC[C@H]2[C@H](C(=O)O)[C@H]21. The molecule has 8 atom stereocenters. The molecule has 4 rings (SSSR count). The van der Waals surface area contributed by atoms with Crippen LogP contribution in [0.1, 0.15) is 25.7 Å². The standard InChI is InChI=1S/2C8H11NO4/c2*9-8(7(12)13)2-1-3-4(5(3)8)6(10)11/h2*3-5H,1-2,9H2,(H,10,11)(H,12,13)/t2*3-,4-,5-,8-/m00/s1. The van der Waals surface area contributed by atoms with Crippen LogP contribution in [0, 0.1) is 35.5 Å². The predicted octanol–water partition coefficient (Wildman–Crippen LogP) is -0.982. The second-order valence-electron chi connectivity index (χ2n) is 7.88. The van der Waals surface area contributed by atoms with Crippen LogP contribution in [0.5, 0.6) is 0 Å². The van der Waals surface area contributed by atoms with Gasteiger partial charge < -0.3 is 31.9 Å². The third kappa shape index (κ3) is 2.47. The summed E-state index contributed by atoms with van der Waals surface area (Å²) in [7, 11) is 0. The zero-order chi connectivity index (χ0) is 19.6. The van der Waals surface area contributed by atoms with Crippen LogP contribution in [0.4, 0.5) is 0 Å². The van der Waals surface area contributed by atoms with Crippen LogP contribution in [0.3, 0.4) is 0 Å². The summed E-state index contributed by atoms with van der Waals surface area (Å²) >= 11 is 0. The van der Waals surface area contributed by atoms with E-state index in [-0.39, 0.29) is 23.7 Å². The van der Waals surface area contributed by atoms with E-state index in [4.69, 9.17) is 31.9 Å². The van der Waals surface area contributed by atoms with Crippen molar-refractivity contribution in [2.75, 3.05) is 0 Å². The second-order valence-corrected chi connectivity index (χ2v) is 7.88. The van der Waals surface area contributed by atoms with Crippen molar-refractivity contribution in [3.05, 3.63) is 0 Å². The molecule has 0 saturated heterocycles. The van der Waals surface area contributed by atoms with Crippen LogP contribution in [0.25, 0.3) is 0 Å². The Kier molecular flexibility index (Phi) is 4.04. The molecule has 26 heavy (non-hydrogen) atoms. The van der Waals surface area contributed by atoms with Gasteiger partial charge in [0.25, 0.3) is 0 Å². The van der Waals surface area contributed by atoms with Crippen molar-refractivity contribution in [1.29, 1.82) is 0 Å². The molecular weight excluding hydrogens is 348 g/mol. The number of rotatable bonds is 4. The van der Waals surface area contributed by atoms with Crippen LogP contribution in [-0.4, -0.2) is 55.4 Å². The maximum absolute atomic E-state index is 10.8. The summed E-state index contributed by atoms with van der Waals surface area (Å²) in [6.45, 7) is 0. The molecule has 0 amide bonds. The number of hydrogen-bond acceptors (Lipinski definition) is 6. The molecule has 0 aromatic heterocycles. The first-order valence-electron chi connectivity index (χ1n) is 8.47. The van der Waals surface area contributed by atoms with Gasteiger partial charge in [0.2, 0.25) is 0 Å². The highest BCUT2D eigenvalue weighted by Crippen LogP contribution is 2.62. The zero-order valence-electron chi connectivity index (χ0n) is 13.9. The highest BCUT2D eigenvalue weighted by atomic mass is 16.4. The minimum atomic E-state index is -1.28. The normalized spacial score (nSPS) is 47.0. The van der Waals surface area contributed by atoms with E-state index in [0.29, 0.717) is 25.7 Å². The molecule has 0 radical (unpaired) electrons. The Labute approximate surface area is 148 Å². The summed E-state index contributed by atoms with van der Waals surface area (Å²) in [5, 5.41) is 35.2. The first kappa shape index (κ1) is 18.6. The number of nitrogens with two attached hydrogens (primary N) is 2. The lowest BCUT2D eigenvalue weighted by molar-refractivity contribution is -0.147. The van der Waals surface area contributed by atoms with Crippen LogP contribution in [0.2, 0.25) is 0 Å². The van der Waals surface area contributed by atoms with Gasteiger partial charge in [-0.25, -0.2) is 0 Å². The summed E-state index contributed by atoms with van der Waals surface area (Å²) in [5.74, 6) is -5.68. The molecule has 4 aliphatic rings. The van der Waals surface area contributed by atoms with Gasteiger partial charge >= 0.3 is 23.9 Å². The van der Waals surface area contributed by atoms with Gasteiger partial charge in [-0.05, 0) is 37.5 Å². The fourth-order valence-electron chi connectivity index (χ4n) is 5.19. The number of fused-ring (bicyclic) bond motifs is 2. The topological polar surface area (TPSA) is 201 Å². The molecule has 0 spiro atoms. The average molecular weight is 370 g/mol. The number of hydrogen-bond donors (Lipinski definition) is 6. The van der Waals surface area contributed by atoms with Gasteiger partial charge in [-0.2, -0.15) is 0 Å². The van der Waals surface area contributed by atoms with E-state index >= 15 is 0 Å². The molecular formula is C16H22N2O8. The number of carbonyl (C=O) groups is 4. The van der Waals surface area contributed by atoms with E-state index in [1.807, 2.05) is 0 Å². The van der Waals surface area contributed by atoms with Gasteiger partial charge in [0.15, 0.2) is 0 Å². The van der Waals surface area contributed by atoms with Crippen LogP contribution >= 0.6 is 0 Å². The molecule has 0 aliphatic heterocycles. The third-order valence-corrected chi connectivity index (χ3v) is 6.68. The van der Waals surface area contributed by atoms with Gasteiger partial charge in [0.05, 0.1) is 11.8 Å².